The number of sulfone groups is 1. The van der Waals surface area contributed by atoms with Gasteiger partial charge in [0.25, 0.3) is 0 Å². The number of ether oxygens (including phenoxy) is 1. The van der Waals surface area contributed by atoms with Crippen molar-refractivity contribution in [3.63, 3.8) is 0 Å². The molecule has 0 amide bonds. The first kappa shape index (κ1) is 16.5. The maximum Gasteiger partial charge on any atom is 0.339 e. The van der Waals surface area contributed by atoms with Gasteiger partial charge >= 0.3 is 5.97 Å². The molecule has 0 spiro atoms. The second-order valence-corrected chi connectivity index (χ2v) is 7.63. The van der Waals surface area contributed by atoms with Gasteiger partial charge in [0.1, 0.15) is 6.07 Å². The summed E-state index contributed by atoms with van der Waals surface area (Å²) in [5, 5.41) is 9.27. The summed E-state index contributed by atoms with van der Waals surface area (Å²) in [6.45, 7) is 0. The summed E-state index contributed by atoms with van der Waals surface area (Å²) >= 11 is 0. The van der Waals surface area contributed by atoms with Crippen LogP contribution in [-0.4, -0.2) is 27.8 Å². The van der Waals surface area contributed by atoms with E-state index >= 15 is 0 Å². The second kappa shape index (κ2) is 6.49. The van der Waals surface area contributed by atoms with E-state index in [1.807, 2.05) is 6.07 Å². The average Bonchev–Trinajstić information content (AvgIpc) is 2.52. The van der Waals surface area contributed by atoms with Gasteiger partial charge in [0, 0.05) is 6.26 Å². The van der Waals surface area contributed by atoms with Crippen molar-refractivity contribution >= 4 is 15.8 Å². The first-order valence-corrected chi connectivity index (χ1v) is 9.14. The van der Waals surface area contributed by atoms with Crippen molar-refractivity contribution in [1.29, 1.82) is 5.26 Å². The first-order chi connectivity index (χ1) is 10.4. The molecular weight excluding hydrogens is 302 g/mol. The number of esters is 1. The Hall–Kier alpha value is -1.87. The molecule has 1 aromatic carbocycles. The molecule has 2 rings (SSSR count). The number of hydrogen-bond donors (Lipinski definition) is 0. The molecule has 1 aromatic rings. The van der Waals surface area contributed by atoms with Gasteiger partial charge in [-0.15, -0.1) is 0 Å². The SMILES string of the molecule is COC(=O)c1cc(S(C)(=O)=O)c(C2CCCCC2)cc1C#N. The molecule has 0 heterocycles. The van der Waals surface area contributed by atoms with Crippen LogP contribution in [0.5, 0.6) is 0 Å². The molecule has 22 heavy (non-hydrogen) atoms. The van der Waals surface area contributed by atoms with Crippen LogP contribution in [0, 0.1) is 11.3 Å². The fraction of sp³-hybridized carbons (Fsp3) is 0.500. The third kappa shape index (κ3) is 3.30. The lowest BCUT2D eigenvalue weighted by Gasteiger charge is -2.24. The number of rotatable bonds is 3. The number of nitriles is 1. The fourth-order valence-electron chi connectivity index (χ4n) is 3.02. The van der Waals surface area contributed by atoms with Crippen LogP contribution in [0.3, 0.4) is 0 Å². The Morgan fingerprint density at radius 3 is 2.41 bits per heavy atom. The van der Waals surface area contributed by atoms with E-state index in [1.165, 1.54) is 13.2 Å². The molecule has 0 unspecified atom stereocenters. The summed E-state index contributed by atoms with van der Waals surface area (Å²) in [5.74, 6) is -0.575. The summed E-state index contributed by atoms with van der Waals surface area (Å²) in [6, 6.07) is 4.82. The molecule has 0 atom stereocenters. The van der Waals surface area contributed by atoms with Gasteiger partial charge in [0.2, 0.25) is 0 Å². The zero-order chi connectivity index (χ0) is 16.3. The predicted octanol–water partition coefficient (Wildman–Crippen LogP) is 2.80. The van der Waals surface area contributed by atoms with Crippen molar-refractivity contribution in [3.8, 4) is 6.07 Å². The van der Waals surface area contributed by atoms with Gasteiger partial charge in [-0.1, -0.05) is 19.3 Å². The smallest absolute Gasteiger partial charge is 0.339 e. The van der Waals surface area contributed by atoms with E-state index in [2.05, 4.69) is 4.74 Å². The molecule has 0 saturated heterocycles. The standard InChI is InChI=1S/C16H19NO4S/c1-21-16(18)14-9-15(22(2,19)20)13(8-12(14)10-17)11-6-4-3-5-7-11/h8-9,11H,3-7H2,1-2H3. The lowest BCUT2D eigenvalue weighted by atomic mass is 9.83. The van der Waals surface area contributed by atoms with Gasteiger partial charge in [-0.05, 0) is 36.5 Å². The van der Waals surface area contributed by atoms with E-state index in [0.717, 1.165) is 38.4 Å². The molecule has 6 heteroatoms. The van der Waals surface area contributed by atoms with Crippen molar-refractivity contribution in [2.45, 2.75) is 42.9 Å². The van der Waals surface area contributed by atoms with E-state index in [-0.39, 0.29) is 21.9 Å². The normalized spacial score (nSPS) is 16.0. The molecule has 1 fully saturated rings. The maximum atomic E-state index is 12.1. The molecule has 0 bridgehead atoms. The summed E-state index contributed by atoms with van der Waals surface area (Å²) in [4.78, 5) is 11.9. The molecule has 1 aliphatic rings. The Bertz CT molecular complexity index is 725. The number of hydrogen-bond acceptors (Lipinski definition) is 5. The summed E-state index contributed by atoms with van der Waals surface area (Å²) in [7, 11) is -2.28. The highest BCUT2D eigenvalue weighted by Gasteiger charge is 2.26. The van der Waals surface area contributed by atoms with Crippen molar-refractivity contribution in [2.75, 3.05) is 13.4 Å². The van der Waals surface area contributed by atoms with Crippen LogP contribution in [0.4, 0.5) is 0 Å². The highest BCUT2D eigenvalue weighted by Crippen LogP contribution is 2.37. The Morgan fingerprint density at radius 1 is 1.27 bits per heavy atom. The van der Waals surface area contributed by atoms with Crippen LogP contribution in [0.2, 0.25) is 0 Å². The van der Waals surface area contributed by atoms with Crippen LogP contribution < -0.4 is 0 Å². The minimum atomic E-state index is -3.49. The minimum Gasteiger partial charge on any atom is -0.465 e. The maximum absolute atomic E-state index is 12.1. The highest BCUT2D eigenvalue weighted by atomic mass is 32.2. The third-order valence-corrected chi connectivity index (χ3v) is 5.27. The lowest BCUT2D eigenvalue weighted by molar-refractivity contribution is 0.0600. The minimum absolute atomic E-state index is 0.00462. The number of carbonyl (C=O) groups excluding carboxylic acids is 1. The average molecular weight is 321 g/mol. The Kier molecular flexibility index (Phi) is 4.87. The first-order valence-electron chi connectivity index (χ1n) is 7.25. The number of methoxy groups -OCH3 is 1. The topological polar surface area (TPSA) is 84.2 Å². The number of nitrogens with zero attached hydrogens (tertiary/aromatic N) is 1. The summed E-state index contributed by atoms with van der Waals surface area (Å²) < 4.78 is 28.9. The molecular formula is C16H19NO4S. The Balaban J connectivity index is 2.66. The van der Waals surface area contributed by atoms with E-state index < -0.39 is 15.8 Å². The summed E-state index contributed by atoms with van der Waals surface area (Å²) in [5.41, 5.74) is 0.830. The zero-order valence-corrected chi connectivity index (χ0v) is 13.6. The summed E-state index contributed by atoms with van der Waals surface area (Å²) in [6.07, 6.45) is 6.19. The van der Waals surface area contributed by atoms with Gasteiger partial charge in [0.05, 0.1) is 23.1 Å². The van der Waals surface area contributed by atoms with Crippen molar-refractivity contribution in [1.82, 2.24) is 0 Å². The van der Waals surface area contributed by atoms with E-state index in [9.17, 15) is 18.5 Å². The molecule has 0 radical (unpaired) electrons. The van der Waals surface area contributed by atoms with Crippen LogP contribution >= 0.6 is 0 Å². The van der Waals surface area contributed by atoms with Crippen molar-refractivity contribution < 1.29 is 17.9 Å². The largest absolute Gasteiger partial charge is 0.465 e. The molecule has 118 valence electrons. The third-order valence-electron chi connectivity index (χ3n) is 4.12. The zero-order valence-electron chi connectivity index (χ0n) is 12.8. The molecule has 0 aliphatic heterocycles. The quantitative estimate of drug-likeness (QED) is 0.799. The van der Waals surface area contributed by atoms with Gasteiger partial charge in [0.15, 0.2) is 9.84 Å². The van der Waals surface area contributed by atoms with Gasteiger partial charge < -0.3 is 4.74 Å². The Labute approximate surface area is 130 Å². The van der Waals surface area contributed by atoms with E-state index in [4.69, 9.17) is 0 Å². The van der Waals surface area contributed by atoms with Gasteiger partial charge in [-0.25, -0.2) is 13.2 Å². The predicted molar refractivity (Wildman–Crippen MR) is 81.4 cm³/mol. The van der Waals surface area contributed by atoms with Crippen LogP contribution in [-0.2, 0) is 14.6 Å². The molecule has 0 aromatic heterocycles. The fourth-order valence-corrected chi connectivity index (χ4v) is 4.01. The monoisotopic (exact) mass is 321 g/mol. The highest BCUT2D eigenvalue weighted by molar-refractivity contribution is 7.90. The molecule has 1 aliphatic carbocycles. The lowest BCUT2D eigenvalue weighted by Crippen LogP contribution is -2.14. The van der Waals surface area contributed by atoms with Crippen LogP contribution in [0.1, 0.15) is 59.5 Å². The van der Waals surface area contributed by atoms with Gasteiger partial charge in [-0.2, -0.15) is 5.26 Å². The molecule has 1 saturated carbocycles. The molecule has 5 nitrogen and oxygen atoms in total. The van der Waals surface area contributed by atoms with E-state index in [1.54, 1.807) is 6.07 Å². The van der Waals surface area contributed by atoms with E-state index in [0.29, 0.717) is 5.56 Å². The number of benzene rings is 1. The number of carbonyl (C=O) groups is 1. The second-order valence-electron chi connectivity index (χ2n) is 5.65. The van der Waals surface area contributed by atoms with Gasteiger partial charge in [-0.3, -0.25) is 0 Å². The van der Waals surface area contributed by atoms with Crippen molar-refractivity contribution in [3.05, 3.63) is 28.8 Å². The van der Waals surface area contributed by atoms with Crippen molar-refractivity contribution in [2.24, 2.45) is 0 Å². The Morgan fingerprint density at radius 2 is 1.91 bits per heavy atom. The van der Waals surface area contributed by atoms with Crippen LogP contribution in [0.25, 0.3) is 0 Å². The molecule has 0 N–H and O–H groups in total. The van der Waals surface area contributed by atoms with Crippen LogP contribution in [0.15, 0.2) is 17.0 Å².